The molecule has 0 amide bonds. The van der Waals surface area contributed by atoms with E-state index in [0.29, 0.717) is 10.2 Å². The summed E-state index contributed by atoms with van der Waals surface area (Å²) in [5.74, 6) is 0.833. The fourth-order valence-electron chi connectivity index (χ4n) is 0.884. The second-order valence-electron chi connectivity index (χ2n) is 2.59. The first-order valence-electron chi connectivity index (χ1n) is 4.24. The maximum atomic E-state index is 9.10. The van der Waals surface area contributed by atoms with Crippen molar-refractivity contribution in [2.45, 2.75) is 0 Å². The molecule has 1 heterocycles. The Bertz CT molecular complexity index is 368. The van der Waals surface area contributed by atoms with Crippen molar-refractivity contribution in [2.75, 3.05) is 7.11 Å². The number of hydrogen-bond donors (Lipinski definition) is 1. The van der Waals surface area contributed by atoms with E-state index < -0.39 is 0 Å². The molecule has 0 radical (unpaired) electrons. The number of benzene rings is 1. The third-order valence-electron chi connectivity index (χ3n) is 1.59. The van der Waals surface area contributed by atoms with E-state index in [4.69, 9.17) is 9.84 Å². The highest BCUT2D eigenvalue weighted by atomic mass is 79.9. The number of ether oxygens (including phenoxy) is 1. The van der Waals surface area contributed by atoms with E-state index in [1.807, 2.05) is 12.1 Å². The van der Waals surface area contributed by atoms with Gasteiger partial charge in [0.05, 0.1) is 19.6 Å². The molecule has 1 aromatic carbocycles. The predicted molar refractivity (Wildman–Crippen MR) is 61.1 cm³/mol. The topological polar surface area (TPSA) is 42.6 Å². The first-order chi connectivity index (χ1) is 7.25. The largest absolute Gasteiger partial charge is 0.507 e. The molecule has 2 rings (SSSR count). The summed E-state index contributed by atoms with van der Waals surface area (Å²) in [7, 11) is 1.56. The minimum absolute atomic E-state index is 0.194. The molecule has 0 atom stereocenters. The van der Waals surface area contributed by atoms with Crippen LogP contribution in [0.2, 0.25) is 0 Å². The van der Waals surface area contributed by atoms with Crippen LogP contribution in [0.25, 0.3) is 0 Å². The van der Waals surface area contributed by atoms with Crippen molar-refractivity contribution in [1.29, 1.82) is 0 Å². The maximum Gasteiger partial charge on any atom is 0.136 e. The molecule has 0 spiro atoms. The molecule has 0 fully saturated rings. The third-order valence-corrected chi connectivity index (χ3v) is 2.39. The van der Waals surface area contributed by atoms with Gasteiger partial charge in [0.1, 0.15) is 16.0 Å². The summed E-state index contributed by atoms with van der Waals surface area (Å²) in [6.45, 7) is 0. The van der Waals surface area contributed by atoms with Gasteiger partial charge in [-0.1, -0.05) is 6.07 Å². The summed E-state index contributed by atoms with van der Waals surface area (Å²) in [6, 6.07) is 8.75. The van der Waals surface area contributed by atoms with Crippen LogP contribution in [-0.2, 0) is 0 Å². The number of phenolic OH excluding ortho intramolecular Hbond substituents is 1. The number of hydrogen-bond acceptors (Lipinski definition) is 3. The van der Waals surface area contributed by atoms with Crippen molar-refractivity contribution in [1.82, 2.24) is 0 Å². The second kappa shape index (κ2) is 6.14. The van der Waals surface area contributed by atoms with Crippen molar-refractivity contribution in [3.8, 4) is 11.5 Å². The van der Waals surface area contributed by atoms with Crippen molar-refractivity contribution in [3.63, 3.8) is 0 Å². The SMILES string of the molecule is COc1cccc(O)c1Br.c1ccoc1. The van der Waals surface area contributed by atoms with Gasteiger partial charge in [-0.25, -0.2) is 0 Å². The van der Waals surface area contributed by atoms with E-state index in [1.165, 1.54) is 0 Å². The zero-order valence-corrected chi connectivity index (χ0v) is 9.77. The molecule has 0 saturated carbocycles. The Morgan fingerprint density at radius 2 is 1.87 bits per heavy atom. The van der Waals surface area contributed by atoms with Gasteiger partial charge in [-0.15, -0.1) is 0 Å². The Morgan fingerprint density at radius 1 is 1.20 bits per heavy atom. The van der Waals surface area contributed by atoms with Crippen LogP contribution in [0.3, 0.4) is 0 Å². The summed E-state index contributed by atoms with van der Waals surface area (Å²) in [5, 5.41) is 9.10. The smallest absolute Gasteiger partial charge is 0.136 e. The Labute approximate surface area is 96.4 Å². The average Bonchev–Trinajstić information content (AvgIpc) is 2.80. The first-order valence-corrected chi connectivity index (χ1v) is 5.03. The van der Waals surface area contributed by atoms with Gasteiger partial charge >= 0.3 is 0 Å². The van der Waals surface area contributed by atoms with Crippen molar-refractivity contribution in [2.24, 2.45) is 0 Å². The Morgan fingerprint density at radius 3 is 2.27 bits per heavy atom. The lowest BCUT2D eigenvalue weighted by Crippen LogP contribution is -1.82. The van der Waals surface area contributed by atoms with Crippen LogP contribution in [-0.4, -0.2) is 12.2 Å². The molecule has 1 aromatic heterocycles. The molecule has 0 aliphatic carbocycles. The molecule has 2 aromatic rings. The molecule has 0 bridgehead atoms. The number of furan rings is 1. The quantitative estimate of drug-likeness (QED) is 0.863. The molecule has 0 aliphatic rings. The van der Waals surface area contributed by atoms with E-state index >= 15 is 0 Å². The second-order valence-corrected chi connectivity index (χ2v) is 3.38. The molecular formula is C11H11BrO3. The lowest BCUT2D eigenvalue weighted by Gasteiger charge is -2.02. The van der Waals surface area contributed by atoms with Crippen molar-refractivity contribution < 1.29 is 14.3 Å². The van der Waals surface area contributed by atoms with E-state index in [-0.39, 0.29) is 5.75 Å². The number of aromatic hydroxyl groups is 1. The predicted octanol–water partition coefficient (Wildman–Crippen LogP) is 3.44. The van der Waals surface area contributed by atoms with Gasteiger partial charge in [-0.2, -0.15) is 0 Å². The van der Waals surface area contributed by atoms with Gasteiger partial charge in [0.15, 0.2) is 0 Å². The highest BCUT2D eigenvalue weighted by molar-refractivity contribution is 9.10. The minimum atomic E-state index is 0.194. The van der Waals surface area contributed by atoms with E-state index in [2.05, 4.69) is 20.3 Å². The molecule has 1 N–H and O–H groups in total. The van der Waals surface area contributed by atoms with E-state index in [0.717, 1.165) is 0 Å². The van der Waals surface area contributed by atoms with Gasteiger partial charge in [0.25, 0.3) is 0 Å². The Kier molecular flexibility index (Phi) is 4.77. The van der Waals surface area contributed by atoms with Crippen LogP contribution in [0.4, 0.5) is 0 Å². The number of halogens is 1. The highest BCUT2D eigenvalue weighted by Crippen LogP contribution is 2.32. The zero-order valence-electron chi connectivity index (χ0n) is 8.18. The summed E-state index contributed by atoms with van der Waals surface area (Å²) in [5.41, 5.74) is 0. The molecular weight excluding hydrogens is 260 g/mol. The van der Waals surface area contributed by atoms with Crippen molar-refractivity contribution in [3.05, 3.63) is 47.3 Å². The Hall–Kier alpha value is -1.42. The molecule has 15 heavy (non-hydrogen) atoms. The van der Waals surface area contributed by atoms with Gasteiger partial charge in [-0.05, 0) is 40.2 Å². The van der Waals surface area contributed by atoms with Gasteiger partial charge in [0.2, 0.25) is 0 Å². The molecule has 0 unspecified atom stereocenters. The van der Waals surface area contributed by atoms with Gasteiger partial charge < -0.3 is 14.3 Å². The fraction of sp³-hybridized carbons (Fsp3) is 0.0909. The third kappa shape index (κ3) is 3.67. The highest BCUT2D eigenvalue weighted by Gasteiger charge is 2.01. The lowest BCUT2D eigenvalue weighted by atomic mass is 10.3. The van der Waals surface area contributed by atoms with Crippen LogP contribution in [0.1, 0.15) is 0 Å². The number of rotatable bonds is 1. The average molecular weight is 271 g/mol. The minimum Gasteiger partial charge on any atom is -0.507 e. The summed E-state index contributed by atoms with van der Waals surface area (Å²) < 4.78 is 10.1. The Balaban J connectivity index is 0.000000187. The summed E-state index contributed by atoms with van der Waals surface area (Å²) >= 11 is 3.17. The monoisotopic (exact) mass is 270 g/mol. The van der Waals surface area contributed by atoms with Crippen LogP contribution < -0.4 is 4.74 Å². The number of methoxy groups -OCH3 is 1. The van der Waals surface area contributed by atoms with E-state index in [9.17, 15) is 0 Å². The lowest BCUT2D eigenvalue weighted by molar-refractivity contribution is 0.403. The first kappa shape index (κ1) is 11.7. The normalized spacial score (nSPS) is 8.93. The standard InChI is InChI=1S/C7H7BrO2.C4H4O/c1-10-6-4-2-3-5(9)7(6)8;1-2-4-5-3-1/h2-4,9H,1H3;1-4H. The van der Waals surface area contributed by atoms with Gasteiger partial charge in [-0.3, -0.25) is 0 Å². The van der Waals surface area contributed by atoms with E-state index in [1.54, 1.807) is 37.8 Å². The molecule has 4 heteroatoms. The van der Waals surface area contributed by atoms with Crippen LogP contribution in [0, 0.1) is 0 Å². The van der Waals surface area contributed by atoms with Crippen LogP contribution in [0.5, 0.6) is 11.5 Å². The van der Waals surface area contributed by atoms with Gasteiger partial charge in [0, 0.05) is 0 Å². The zero-order chi connectivity index (χ0) is 11.1. The molecule has 0 aliphatic heterocycles. The number of phenols is 1. The summed E-state index contributed by atoms with van der Waals surface area (Å²) in [4.78, 5) is 0. The van der Waals surface area contributed by atoms with Crippen LogP contribution in [0.15, 0.2) is 51.7 Å². The van der Waals surface area contributed by atoms with Crippen LogP contribution >= 0.6 is 15.9 Å². The molecule has 3 nitrogen and oxygen atoms in total. The fourth-order valence-corrected chi connectivity index (χ4v) is 1.31. The molecule has 0 saturated heterocycles. The summed E-state index contributed by atoms with van der Waals surface area (Å²) in [6.07, 6.45) is 3.25. The van der Waals surface area contributed by atoms with Crippen molar-refractivity contribution >= 4 is 15.9 Å². The maximum absolute atomic E-state index is 9.10. The molecule has 80 valence electrons.